The molecule has 6 heteroatoms. The van der Waals surface area contributed by atoms with Crippen molar-refractivity contribution in [3.05, 3.63) is 27.5 Å². The largest absolute Gasteiger partial charge is 0.462 e. The lowest BCUT2D eigenvalue weighted by molar-refractivity contribution is 0.0527. The van der Waals surface area contributed by atoms with Crippen molar-refractivity contribution in [2.24, 2.45) is 0 Å². The van der Waals surface area contributed by atoms with Crippen molar-refractivity contribution in [3.63, 3.8) is 0 Å². The molecule has 0 aliphatic heterocycles. The van der Waals surface area contributed by atoms with Gasteiger partial charge in [-0.05, 0) is 13.0 Å². The minimum absolute atomic E-state index is 0.00940. The molecule has 0 radical (unpaired) electrons. The molecule has 0 aromatic heterocycles. The van der Waals surface area contributed by atoms with Crippen LogP contribution in [0, 0.1) is 5.82 Å². The van der Waals surface area contributed by atoms with E-state index in [1.807, 2.05) is 0 Å². The van der Waals surface area contributed by atoms with Crippen LogP contribution < -0.4 is 5.73 Å². The number of carbonyl (C=O) groups is 1. The van der Waals surface area contributed by atoms with Gasteiger partial charge in [-0.3, -0.25) is 0 Å². The van der Waals surface area contributed by atoms with E-state index in [0.717, 1.165) is 6.07 Å². The van der Waals surface area contributed by atoms with E-state index in [4.69, 9.17) is 28.9 Å². The lowest BCUT2D eigenvalue weighted by Gasteiger charge is -2.08. The first-order chi connectivity index (χ1) is 6.99. The molecule has 0 spiro atoms. The molecule has 0 saturated heterocycles. The number of esters is 1. The van der Waals surface area contributed by atoms with Crippen molar-refractivity contribution in [1.82, 2.24) is 0 Å². The number of nitrogen functional groups attached to an aromatic ring is 1. The summed E-state index contributed by atoms with van der Waals surface area (Å²) in [6.45, 7) is 1.77. The lowest BCUT2D eigenvalue weighted by Crippen LogP contribution is -2.10. The van der Waals surface area contributed by atoms with E-state index >= 15 is 0 Å². The van der Waals surface area contributed by atoms with Gasteiger partial charge in [-0.25, -0.2) is 9.18 Å². The molecule has 0 fully saturated rings. The highest BCUT2D eigenvalue weighted by molar-refractivity contribution is 6.37. The lowest BCUT2D eigenvalue weighted by atomic mass is 10.2. The van der Waals surface area contributed by atoms with Crippen LogP contribution in [-0.4, -0.2) is 12.6 Å². The summed E-state index contributed by atoms with van der Waals surface area (Å²) in [4.78, 5) is 11.4. The molecule has 1 rings (SSSR count). The summed E-state index contributed by atoms with van der Waals surface area (Å²) in [6, 6.07) is 1.12. The number of ether oxygens (including phenoxy) is 1. The maximum absolute atomic E-state index is 13.2. The maximum Gasteiger partial charge on any atom is 0.341 e. The van der Waals surface area contributed by atoms with Gasteiger partial charge in [0.15, 0.2) is 5.82 Å². The molecule has 15 heavy (non-hydrogen) atoms. The topological polar surface area (TPSA) is 52.3 Å². The summed E-state index contributed by atoms with van der Waals surface area (Å²) < 4.78 is 17.9. The maximum atomic E-state index is 13.2. The third kappa shape index (κ3) is 2.33. The fourth-order valence-corrected chi connectivity index (χ4v) is 1.57. The van der Waals surface area contributed by atoms with Gasteiger partial charge in [-0.1, -0.05) is 23.2 Å². The predicted octanol–water partition coefficient (Wildman–Crippen LogP) is 2.89. The van der Waals surface area contributed by atoms with Gasteiger partial charge in [0.2, 0.25) is 0 Å². The average Bonchev–Trinajstić information content (AvgIpc) is 2.15. The Hall–Kier alpha value is -1.00. The summed E-state index contributed by atoms with van der Waals surface area (Å²) in [5.74, 6) is -1.65. The first-order valence-electron chi connectivity index (χ1n) is 4.09. The molecule has 1 aromatic rings. The second-order valence-electron chi connectivity index (χ2n) is 2.67. The average molecular weight is 252 g/mol. The van der Waals surface area contributed by atoms with E-state index in [-0.39, 0.29) is 22.9 Å². The standard InChI is InChI=1S/C9H8Cl2FNO2/c1-2-15-9(14)6-5(13)3-4(10)8(12)7(6)11/h3H,2,13H2,1H3. The van der Waals surface area contributed by atoms with Crippen LogP contribution in [0.3, 0.4) is 0 Å². The van der Waals surface area contributed by atoms with Crippen molar-refractivity contribution in [1.29, 1.82) is 0 Å². The first kappa shape index (κ1) is 12.1. The summed E-state index contributed by atoms with van der Waals surface area (Å²) in [7, 11) is 0. The van der Waals surface area contributed by atoms with Crippen molar-refractivity contribution in [2.45, 2.75) is 6.92 Å². The van der Waals surface area contributed by atoms with Crippen LogP contribution in [0.5, 0.6) is 0 Å². The number of halogens is 3. The number of benzene rings is 1. The Kier molecular flexibility index (Phi) is 3.77. The zero-order valence-corrected chi connectivity index (χ0v) is 9.32. The minimum atomic E-state index is -0.879. The second-order valence-corrected chi connectivity index (χ2v) is 3.46. The van der Waals surface area contributed by atoms with Gasteiger partial charge in [0.05, 0.1) is 16.7 Å². The molecular formula is C9H8Cl2FNO2. The molecule has 82 valence electrons. The molecule has 0 amide bonds. The van der Waals surface area contributed by atoms with Gasteiger partial charge in [-0.2, -0.15) is 0 Å². The predicted molar refractivity (Wildman–Crippen MR) is 56.8 cm³/mol. The minimum Gasteiger partial charge on any atom is -0.462 e. The molecule has 0 unspecified atom stereocenters. The number of hydrogen-bond donors (Lipinski definition) is 1. The van der Waals surface area contributed by atoms with Crippen LogP contribution in [0.25, 0.3) is 0 Å². The van der Waals surface area contributed by atoms with Gasteiger partial charge < -0.3 is 10.5 Å². The molecule has 3 nitrogen and oxygen atoms in total. The Morgan fingerprint density at radius 3 is 2.73 bits per heavy atom. The number of rotatable bonds is 2. The van der Waals surface area contributed by atoms with E-state index in [2.05, 4.69) is 4.74 Å². The Bertz CT molecular complexity index is 410. The summed E-state index contributed by atoms with van der Waals surface area (Å²) in [5.41, 5.74) is 5.28. The zero-order chi connectivity index (χ0) is 11.6. The van der Waals surface area contributed by atoms with Crippen LogP contribution >= 0.6 is 23.2 Å². The number of nitrogens with two attached hydrogens (primary N) is 1. The van der Waals surface area contributed by atoms with Crippen molar-refractivity contribution < 1.29 is 13.9 Å². The van der Waals surface area contributed by atoms with Crippen molar-refractivity contribution >= 4 is 34.9 Å². The Labute approximate surface area is 95.9 Å². The molecule has 0 atom stereocenters. The number of anilines is 1. The van der Waals surface area contributed by atoms with E-state index in [1.165, 1.54) is 0 Å². The monoisotopic (exact) mass is 251 g/mol. The second kappa shape index (κ2) is 4.68. The third-order valence-electron chi connectivity index (χ3n) is 1.67. The summed E-state index contributed by atoms with van der Waals surface area (Å²) >= 11 is 11.1. The van der Waals surface area contributed by atoms with E-state index in [0.29, 0.717) is 0 Å². The van der Waals surface area contributed by atoms with Gasteiger partial charge >= 0.3 is 5.97 Å². The SMILES string of the molecule is CCOC(=O)c1c(N)cc(Cl)c(F)c1Cl. The van der Waals surface area contributed by atoms with Gasteiger partial charge in [-0.15, -0.1) is 0 Å². The molecule has 2 N–H and O–H groups in total. The van der Waals surface area contributed by atoms with Gasteiger partial charge in [0.1, 0.15) is 5.56 Å². The number of hydrogen-bond acceptors (Lipinski definition) is 3. The van der Waals surface area contributed by atoms with E-state index in [1.54, 1.807) is 6.92 Å². The Morgan fingerprint density at radius 2 is 2.20 bits per heavy atom. The number of carbonyl (C=O) groups excluding carboxylic acids is 1. The smallest absolute Gasteiger partial charge is 0.341 e. The van der Waals surface area contributed by atoms with Crippen LogP contribution in [0.2, 0.25) is 10.0 Å². The highest BCUT2D eigenvalue weighted by Crippen LogP contribution is 2.31. The van der Waals surface area contributed by atoms with Crippen LogP contribution in [0.15, 0.2) is 6.07 Å². The highest BCUT2D eigenvalue weighted by atomic mass is 35.5. The molecule has 0 aliphatic carbocycles. The molecular weight excluding hydrogens is 244 g/mol. The summed E-state index contributed by atoms with van der Waals surface area (Å²) in [6.07, 6.45) is 0. The Morgan fingerprint density at radius 1 is 1.60 bits per heavy atom. The molecule has 0 heterocycles. The van der Waals surface area contributed by atoms with Crippen LogP contribution in [-0.2, 0) is 4.74 Å². The fraction of sp³-hybridized carbons (Fsp3) is 0.222. The third-order valence-corrected chi connectivity index (χ3v) is 2.30. The Balaban J connectivity index is 3.29. The van der Waals surface area contributed by atoms with Crippen molar-refractivity contribution in [3.8, 4) is 0 Å². The normalized spacial score (nSPS) is 10.1. The van der Waals surface area contributed by atoms with Crippen LogP contribution in [0.1, 0.15) is 17.3 Å². The van der Waals surface area contributed by atoms with Gasteiger partial charge in [0, 0.05) is 5.69 Å². The fourth-order valence-electron chi connectivity index (χ4n) is 1.02. The van der Waals surface area contributed by atoms with E-state index in [9.17, 15) is 9.18 Å². The highest BCUT2D eigenvalue weighted by Gasteiger charge is 2.21. The van der Waals surface area contributed by atoms with E-state index < -0.39 is 16.8 Å². The quantitative estimate of drug-likeness (QED) is 0.500. The summed E-state index contributed by atoms with van der Waals surface area (Å²) in [5, 5.41) is -0.649. The molecule has 0 saturated carbocycles. The van der Waals surface area contributed by atoms with Crippen LogP contribution in [0.4, 0.5) is 10.1 Å². The molecule has 0 aliphatic rings. The molecule has 1 aromatic carbocycles. The zero-order valence-electron chi connectivity index (χ0n) is 7.81. The first-order valence-corrected chi connectivity index (χ1v) is 4.84. The molecule has 0 bridgehead atoms. The van der Waals surface area contributed by atoms with Gasteiger partial charge in [0.25, 0.3) is 0 Å². The van der Waals surface area contributed by atoms with Crippen molar-refractivity contribution in [2.75, 3.05) is 12.3 Å².